The summed E-state index contributed by atoms with van der Waals surface area (Å²) in [6, 6.07) is 0. The first kappa shape index (κ1) is 18.6. The van der Waals surface area contributed by atoms with Crippen molar-refractivity contribution in [3.63, 3.8) is 0 Å². The van der Waals surface area contributed by atoms with Crippen LogP contribution in [0.1, 0.15) is 53.4 Å². The van der Waals surface area contributed by atoms with Gasteiger partial charge in [0, 0.05) is 19.7 Å². The van der Waals surface area contributed by atoms with Gasteiger partial charge in [-0.1, -0.05) is 6.92 Å². The molecule has 1 heterocycles. The molecule has 124 valence electrons. The summed E-state index contributed by atoms with van der Waals surface area (Å²) in [4.78, 5) is 13.9. The van der Waals surface area contributed by atoms with Crippen molar-refractivity contribution in [3.8, 4) is 0 Å². The predicted molar refractivity (Wildman–Crippen MR) is 89.0 cm³/mol. The number of amides is 1. The summed E-state index contributed by atoms with van der Waals surface area (Å²) in [5.41, 5.74) is -0.471. The number of carbonyl (C=O) groups is 1. The zero-order valence-electron chi connectivity index (χ0n) is 14.2. The molecular weight excluding hydrogens is 286 g/mol. The van der Waals surface area contributed by atoms with Crippen LogP contribution in [0.4, 0.5) is 4.79 Å². The molecule has 21 heavy (non-hydrogen) atoms. The molecule has 0 bridgehead atoms. The number of hydrogen-bond donors (Lipinski definition) is 0. The minimum absolute atomic E-state index is 0.0447. The van der Waals surface area contributed by atoms with Gasteiger partial charge in [0.25, 0.3) is 0 Å². The Balaban J connectivity index is 2.42. The maximum atomic E-state index is 12.1. The van der Waals surface area contributed by atoms with Crippen LogP contribution >= 0.6 is 11.8 Å². The molecule has 0 spiro atoms. The molecule has 0 aromatic heterocycles. The van der Waals surface area contributed by atoms with E-state index in [-0.39, 0.29) is 11.7 Å². The standard InChI is InChI=1S/C16H31NO3S/c1-6-16(19-12-7-13-21-5)8-10-17(11-9-16)14(18)20-15(2,3)4/h6-13H2,1-5H3. The third-order valence-corrected chi connectivity index (χ3v) is 4.57. The average molecular weight is 317 g/mol. The minimum atomic E-state index is -0.426. The highest BCUT2D eigenvalue weighted by Crippen LogP contribution is 2.30. The lowest BCUT2D eigenvalue weighted by Gasteiger charge is -2.41. The van der Waals surface area contributed by atoms with E-state index in [0.29, 0.717) is 0 Å². The van der Waals surface area contributed by atoms with Crippen molar-refractivity contribution in [1.29, 1.82) is 0 Å². The van der Waals surface area contributed by atoms with Crippen molar-refractivity contribution in [2.24, 2.45) is 0 Å². The van der Waals surface area contributed by atoms with Crippen molar-refractivity contribution < 1.29 is 14.3 Å². The van der Waals surface area contributed by atoms with Crippen LogP contribution in [0.5, 0.6) is 0 Å². The fraction of sp³-hybridized carbons (Fsp3) is 0.938. The Labute approximate surface area is 133 Å². The van der Waals surface area contributed by atoms with E-state index >= 15 is 0 Å². The first-order chi connectivity index (χ1) is 9.82. The molecule has 1 fully saturated rings. The largest absolute Gasteiger partial charge is 0.444 e. The Morgan fingerprint density at radius 1 is 1.29 bits per heavy atom. The van der Waals surface area contributed by atoms with E-state index in [2.05, 4.69) is 13.2 Å². The summed E-state index contributed by atoms with van der Waals surface area (Å²) in [5.74, 6) is 1.14. The Morgan fingerprint density at radius 2 is 1.90 bits per heavy atom. The third kappa shape index (κ3) is 6.47. The van der Waals surface area contributed by atoms with Gasteiger partial charge in [-0.2, -0.15) is 11.8 Å². The number of rotatable bonds is 6. The van der Waals surface area contributed by atoms with E-state index in [1.165, 1.54) is 0 Å². The first-order valence-electron chi connectivity index (χ1n) is 7.93. The van der Waals surface area contributed by atoms with Crippen LogP contribution in [0, 0.1) is 0 Å². The molecule has 0 aliphatic carbocycles. The van der Waals surface area contributed by atoms with E-state index in [1.54, 1.807) is 0 Å². The molecule has 0 radical (unpaired) electrons. The van der Waals surface area contributed by atoms with Crippen LogP contribution in [-0.4, -0.2) is 53.9 Å². The molecule has 1 rings (SSSR count). The summed E-state index contributed by atoms with van der Waals surface area (Å²) in [6.45, 7) is 10.2. The predicted octanol–water partition coefficient (Wildman–Crippen LogP) is 3.94. The van der Waals surface area contributed by atoms with E-state index in [9.17, 15) is 4.79 Å². The molecule has 5 heteroatoms. The smallest absolute Gasteiger partial charge is 0.410 e. The summed E-state index contributed by atoms with van der Waals surface area (Å²) in [6.07, 6.45) is 5.83. The van der Waals surface area contributed by atoms with Crippen LogP contribution in [0.3, 0.4) is 0 Å². The lowest BCUT2D eigenvalue weighted by Crippen LogP contribution is -2.49. The molecule has 0 aromatic rings. The van der Waals surface area contributed by atoms with Crippen molar-refractivity contribution in [3.05, 3.63) is 0 Å². The molecule has 1 aliphatic heterocycles. The van der Waals surface area contributed by atoms with Crippen molar-refractivity contribution in [2.75, 3.05) is 31.7 Å². The number of carbonyl (C=O) groups excluding carboxylic acids is 1. The van der Waals surface area contributed by atoms with E-state index in [4.69, 9.17) is 9.47 Å². The fourth-order valence-electron chi connectivity index (χ4n) is 2.52. The molecule has 1 saturated heterocycles. The number of nitrogens with zero attached hydrogens (tertiary/aromatic N) is 1. The Morgan fingerprint density at radius 3 is 2.38 bits per heavy atom. The lowest BCUT2D eigenvalue weighted by atomic mass is 9.88. The molecule has 4 nitrogen and oxygen atoms in total. The second-order valence-electron chi connectivity index (χ2n) is 6.70. The Bertz CT molecular complexity index is 320. The Hall–Kier alpha value is -0.420. The number of piperidine rings is 1. The molecule has 0 N–H and O–H groups in total. The van der Waals surface area contributed by atoms with Gasteiger partial charge in [-0.3, -0.25) is 0 Å². The fourth-order valence-corrected chi connectivity index (χ4v) is 2.92. The Kier molecular flexibility index (Phi) is 7.34. The second kappa shape index (κ2) is 8.28. The van der Waals surface area contributed by atoms with Gasteiger partial charge in [-0.05, 0) is 58.5 Å². The lowest BCUT2D eigenvalue weighted by molar-refractivity contribution is -0.0862. The van der Waals surface area contributed by atoms with E-state index in [0.717, 1.165) is 51.1 Å². The highest BCUT2D eigenvalue weighted by Gasteiger charge is 2.36. The summed E-state index contributed by atoms with van der Waals surface area (Å²) in [5, 5.41) is 0. The molecular formula is C16H31NO3S. The molecule has 0 unspecified atom stereocenters. The number of hydrogen-bond acceptors (Lipinski definition) is 4. The molecule has 0 aromatic carbocycles. The second-order valence-corrected chi connectivity index (χ2v) is 7.68. The molecule has 1 amide bonds. The molecule has 1 aliphatic rings. The van der Waals surface area contributed by atoms with E-state index in [1.807, 2.05) is 37.4 Å². The quantitative estimate of drug-likeness (QED) is 0.696. The number of thioether (sulfide) groups is 1. The monoisotopic (exact) mass is 317 g/mol. The maximum Gasteiger partial charge on any atom is 0.410 e. The maximum absolute atomic E-state index is 12.1. The highest BCUT2D eigenvalue weighted by molar-refractivity contribution is 7.98. The molecule has 0 saturated carbocycles. The topological polar surface area (TPSA) is 38.8 Å². The normalized spacial score (nSPS) is 18.6. The van der Waals surface area contributed by atoms with Crippen LogP contribution in [0.2, 0.25) is 0 Å². The third-order valence-electron chi connectivity index (χ3n) is 3.87. The van der Waals surface area contributed by atoms with Gasteiger partial charge in [0.15, 0.2) is 0 Å². The number of ether oxygens (including phenoxy) is 2. The highest BCUT2D eigenvalue weighted by atomic mass is 32.2. The van der Waals surface area contributed by atoms with Gasteiger partial charge in [-0.25, -0.2) is 4.79 Å². The van der Waals surface area contributed by atoms with Gasteiger partial charge in [0.1, 0.15) is 5.60 Å². The summed E-state index contributed by atoms with van der Waals surface area (Å²) in [7, 11) is 0. The van der Waals surface area contributed by atoms with Gasteiger partial charge in [-0.15, -0.1) is 0 Å². The van der Waals surface area contributed by atoms with E-state index < -0.39 is 5.60 Å². The summed E-state index contributed by atoms with van der Waals surface area (Å²) >= 11 is 1.85. The van der Waals surface area contributed by atoms with Crippen molar-refractivity contribution in [1.82, 2.24) is 4.90 Å². The molecule has 0 atom stereocenters. The zero-order valence-corrected chi connectivity index (χ0v) is 15.1. The van der Waals surface area contributed by atoms with Gasteiger partial charge >= 0.3 is 6.09 Å². The van der Waals surface area contributed by atoms with Crippen LogP contribution in [0.15, 0.2) is 0 Å². The zero-order chi connectivity index (χ0) is 15.9. The SMILES string of the molecule is CCC1(OCCCSC)CCN(C(=O)OC(C)(C)C)CC1. The van der Waals surface area contributed by atoms with Crippen LogP contribution in [0.25, 0.3) is 0 Å². The van der Waals surface area contributed by atoms with Gasteiger partial charge in [0.05, 0.1) is 5.60 Å². The van der Waals surface area contributed by atoms with Gasteiger partial charge in [0.2, 0.25) is 0 Å². The average Bonchev–Trinajstić information content (AvgIpc) is 2.42. The number of likely N-dealkylation sites (tertiary alicyclic amines) is 1. The van der Waals surface area contributed by atoms with Crippen LogP contribution < -0.4 is 0 Å². The van der Waals surface area contributed by atoms with Crippen molar-refractivity contribution >= 4 is 17.9 Å². The van der Waals surface area contributed by atoms with Crippen LogP contribution in [-0.2, 0) is 9.47 Å². The summed E-state index contributed by atoms with van der Waals surface area (Å²) < 4.78 is 11.6. The van der Waals surface area contributed by atoms with Crippen molar-refractivity contribution in [2.45, 2.75) is 64.6 Å². The first-order valence-corrected chi connectivity index (χ1v) is 9.32. The van der Waals surface area contributed by atoms with Gasteiger partial charge < -0.3 is 14.4 Å². The minimum Gasteiger partial charge on any atom is -0.444 e.